The summed E-state index contributed by atoms with van der Waals surface area (Å²) < 4.78 is 12.5. The number of halogens is 1. The minimum atomic E-state index is -0.304. The fourth-order valence-corrected chi connectivity index (χ4v) is 4.70. The number of amidine groups is 1. The summed E-state index contributed by atoms with van der Waals surface area (Å²) in [6.07, 6.45) is 2.62. The van der Waals surface area contributed by atoms with Crippen LogP contribution in [0.2, 0.25) is 0 Å². The van der Waals surface area contributed by atoms with Crippen LogP contribution in [0, 0.1) is 6.92 Å². The summed E-state index contributed by atoms with van der Waals surface area (Å²) in [7, 11) is 0. The van der Waals surface area contributed by atoms with E-state index in [2.05, 4.69) is 40.8 Å². The molecule has 1 aromatic rings. The fourth-order valence-electron chi connectivity index (χ4n) is 3.08. The van der Waals surface area contributed by atoms with Crippen LogP contribution in [-0.4, -0.2) is 24.8 Å². The molecule has 0 saturated carbocycles. The van der Waals surface area contributed by atoms with Crippen LogP contribution >= 0.6 is 27.3 Å². The monoisotopic (exact) mass is 358 g/mol. The van der Waals surface area contributed by atoms with E-state index in [1.165, 1.54) is 9.75 Å². The van der Waals surface area contributed by atoms with Gasteiger partial charge in [0.05, 0.1) is 13.2 Å². The molecule has 1 aromatic heterocycles. The molecule has 0 bridgehead atoms. The van der Waals surface area contributed by atoms with Crippen LogP contribution in [0.1, 0.15) is 35.9 Å². The smallest absolute Gasteiger partial charge is 0.283 e. The number of aliphatic imine (C=N–C) groups is 1. The third kappa shape index (κ3) is 2.49. The first-order valence-electron chi connectivity index (χ1n) is 6.81. The molecule has 4 nitrogen and oxygen atoms in total. The maximum Gasteiger partial charge on any atom is 0.283 e. The molecule has 0 aliphatic carbocycles. The average molecular weight is 359 g/mol. The highest BCUT2D eigenvalue weighted by Gasteiger charge is 2.47. The molecule has 3 heterocycles. The van der Waals surface area contributed by atoms with Crippen LogP contribution in [-0.2, 0) is 15.0 Å². The highest BCUT2D eigenvalue weighted by molar-refractivity contribution is 9.10. The summed E-state index contributed by atoms with van der Waals surface area (Å²) in [4.78, 5) is 7.11. The van der Waals surface area contributed by atoms with E-state index in [4.69, 9.17) is 15.2 Å². The Balaban J connectivity index is 1.97. The van der Waals surface area contributed by atoms with Crippen molar-refractivity contribution >= 4 is 33.3 Å². The Morgan fingerprint density at radius 2 is 2.10 bits per heavy atom. The first-order valence-corrected chi connectivity index (χ1v) is 8.42. The molecule has 110 valence electrons. The molecule has 20 heavy (non-hydrogen) atoms. The third-order valence-corrected chi connectivity index (χ3v) is 6.53. The predicted molar refractivity (Wildman–Crippen MR) is 84.2 cm³/mol. The lowest BCUT2D eigenvalue weighted by Crippen LogP contribution is -2.50. The molecular weight excluding hydrogens is 340 g/mol. The van der Waals surface area contributed by atoms with Gasteiger partial charge in [-0.3, -0.25) is 0 Å². The van der Waals surface area contributed by atoms with Gasteiger partial charge in [0.25, 0.3) is 6.02 Å². The van der Waals surface area contributed by atoms with Gasteiger partial charge < -0.3 is 15.2 Å². The molecule has 1 unspecified atom stereocenters. The van der Waals surface area contributed by atoms with E-state index in [1.807, 2.05) is 0 Å². The van der Waals surface area contributed by atoms with Gasteiger partial charge >= 0.3 is 0 Å². The maximum absolute atomic E-state index is 5.98. The number of hydrogen-bond donors (Lipinski definition) is 1. The van der Waals surface area contributed by atoms with E-state index in [1.54, 1.807) is 11.3 Å². The van der Waals surface area contributed by atoms with E-state index < -0.39 is 0 Å². The first kappa shape index (κ1) is 14.4. The number of thiophene rings is 1. The van der Waals surface area contributed by atoms with Crippen LogP contribution in [0.25, 0.3) is 0 Å². The second-order valence-corrected chi connectivity index (χ2v) is 7.92. The van der Waals surface area contributed by atoms with E-state index in [0.29, 0.717) is 6.02 Å². The van der Waals surface area contributed by atoms with Gasteiger partial charge in [0, 0.05) is 33.5 Å². The van der Waals surface area contributed by atoms with Gasteiger partial charge in [0.1, 0.15) is 11.1 Å². The van der Waals surface area contributed by atoms with Gasteiger partial charge in [0.2, 0.25) is 0 Å². The van der Waals surface area contributed by atoms with Gasteiger partial charge in [-0.25, -0.2) is 4.99 Å². The van der Waals surface area contributed by atoms with E-state index in [0.717, 1.165) is 36.9 Å². The molecule has 1 spiro atoms. The lowest BCUT2D eigenvalue weighted by molar-refractivity contribution is -0.0790. The Hall–Kier alpha value is -0.590. The van der Waals surface area contributed by atoms with Crippen molar-refractivity contribution in [1.82, 2.24) is 0 Å². The summed E-state index contributed by atoms with van der Waals surface area (Å²) >= 11 is 5.36. The van der Waals surface area contributed by atoms with Crippen LogP contribution < -0.4 is 5.73 Å². The van der Waals surface area contributed by atoms with Crippen LogP contribution in [0.5, 0.6) is 0 Å². The van der Waals surface area contributed by atoms with Gasteiger partial charge in [-0.05, 0) is 35.8 Å². The van der Waals surface area contributed by atoms with E-state index in [-0.39, 0.29) is 11.1 Å². The molecule has 2 aliphatic heterocycles. The van der Waals surface area contributed by atoms with Crippen molar-refractivity contribution in [1.29, 1.82) is 0 Å². The zero-order valence-corrected chi connectivity index (χ0v) is 14.1. The summed E-state index contributed by atoms with van der Waals surface area (Å²) in [5.41, 5.74) is 5.45. The minimum Gasteiger partial charge on any atom is -0.459 e. The Bertz CT molecular complexity index is 532. The lowest BCUT2D eigenvalue weighted by Gasteiger charge is -2.45. The number of ether oxygens (including phenoxy) is 2. The molecule has 2 aliphatic rings. The summed E-state index contributed by atoms with van der Waals surface area (Å²) in [6.45, 7) is 5.72. The number of nitrogens with two attached hydrogens (primary N) is 1. The van der Waals surface area contributed by atoms with Crippen LogP contribution in [0.4, 0.5) is 0 Å². The number of nitrogens with zero attached hydrogens (tertiary/aromatic N) is 1. The standard InChI is InChI=1S/C14H19BrN2O2S/c1-9-10(15)7-11(20-9)13(2)8-14(19-12(16)17-13)3-5-18-6-4-14/h7H,3-6,8H2,1-2H3,(H2,16,17). The van der Waals surface area contributed by atoms with E-state index in [9.17, 15) is 0 Å². The van der Waals surface area contributed by atoms with E-state index >= 15 is 0 Å². The molecule has 1 atom stereocenters. The Labute approximate surface area is 131 Å². The zero-order valence-electron chi connectivity index (χ0n) is 11.7. The number of rotatable bonds is 1. The van der Waals surface area contributed by atoms with Crippen molar-refractivity contribution in [2.24, 2.45) is 10.7 Å². The van der Waals surface area contributed by atoms with Crippen molar-refractivity contribution in [3.05, 3.63) is 20.3 Å². The molecule has 1 saturated heterocycles. The number of hydrogen-bond acceptors (Lipinski definition) is 5. The Morgan fingerprint density at radius 1 is 1.40 bits per heavy atom. The number of aryl methyl sites for hydroxylation is 1. The van der Waals surface area contributed by atoms with Gasteiger partial charge in [0.15, 0.2) is 0 Å². The summed E-state index contributed by atoms with van der Waals surface area (Å²) in [6, 6.07) is 2.47. The molecule has 1 fully saturated rings. The topological polar surface area (TPSA) is 56.8 Å². The normalized spacial score (nSPS) is 29.1. The maximum atomic E-state index is 5.98. The van der Waals surface area contributed by atoms with Crippen LogP contribution in [0.3, 0.4) is 0 Å². The highest BCUT2D eigenvalue weighted by atomic mass is 79.9. The predicted octanol–water partition coefficient (Wildman–Crippen LogP) is 3.32. The fraction of sp³-hybridized carbons (Fsp3) is 0.643. The lowest BCUT2D eigenvalue weighted by atomic mass is 9.79. The Morgan fingerprint density at radius 3 is 2.70 bits per heavy atom. The highest BCUT2D eigenvalue weighted by Crippen LogP contribution is 2.46. The summed E-state index contributed by atoms with van der Waals surface area (Å²) in [5.74, 6) is 0. The SMILES string of the molecule is Cc1sc(C2(C)CC3(CCOCC3)OC(N)=N2)cc1Br. The largest absolute Gasteiger partial charge is 0.459 e. The Kier molecular flexibility index (Phi) is 3.59. The molecule has 0 amide bonds. The van der Waals surface area contributed by atoms with Gasteiger partial charge in [-0.1, -0.05) is 0 Å². The van der Waals surface area contributed by atoms with Crippen molar-refractivity contribution in [2.75, 3.05) is 13.2 Å². The molecule has 0 aromatic carbocycles. The second-order valence-electron chi connectivity index (χ2n) is 5.81. The van der Waals surface area contributed by atoms with Crippen LogP contribution in [0.15, 0.2) is 15.5 Å². The van der Waals surface area contributed by atoms with Gasteiger partial charge in [-0.2, -0.15) is 0 Å². The quantitative estimate of drug-likeness (QED) is 0.837. The van der Waals surface area contributed by atoms with Crippen molar-refractivity contribution in [3.63, 3.8) is 0 Å². The van der Waals surface area contributed by atoms with Crippen molar-refractivity contribution in [2.45, 2.75) is 44.2 Å². The molecule has 2 N–H and O–H groups in total. The average Bonchev–Trinajstić information content (AvgIpc) is 2.70. The minimum absolute atomic E-state index is 0.219. The molecule has 3 rings (SSSR count). The zero-order chi connectivity index (χ0) is 14.4. The van der Waals surface area contributed by atoms with Crippen molar-refractivity contribution in [3.8, 4) is 0 Å². The molecule has 0 radical (unpaired) electrons. The van der Waals surface area contributed by atoms with Crippen molar-refractivity contribution < 1.29 is 9.47 Å². The molecule has 6 heteroatoms. The third-order valence-electron chi connectivity index (χ3n) is 4.14. The van der Waals surface area contributed by atoms with Gasteiger partial charge in [-0.15, -0.1) is 11.3 Å². The summed E-state index contributed by atoms with van der Waals surface area (Å²) in [5, 5.41) is 0. The second kappa shape index (κ2) is 5.00. The molecular formula is C14H19BrN2O2S. The first-order chi connectivity index (χ1) is 9.42.